The molecule has 0 atom stereocenters. The Kier molecular flexibility index (Phi) is 2.55. The molecule has 4 nitrogen and oxygen atoms in total. The molecule has 0 spiro atoms. The second-order valence-electron chi connectivity index (χ2n) is 5.44. The van der Waals surface area contributed by atoms with Crippen LogP contribution in [-0.4, -0.2) is 18.2 Å². The lowest BCUT2D eigenvalue weighted by Crippen LogP contribution is -2.21. The van der Waals surface area contributed by atoms with Gasteiger partial charge >= 0.3 is 5.76 Å². The molecule has 0 aliphatic heterocycles. The Bertz CT molecular complexity index is 635. The zero-order valence-electron chi connectivity index (χ0n) is 10.8. The molecule has 0 saturated heterocycles. The second kappa shape index (κ2) is 3.99. The zero-order chi connectivity index (χ0) is 12.8. The topological polar surface area (TPSA) is 47.2 Å². The molecule has 1 aliphatic rings. The summed E-state index contributed by atoms with van der Waals surface area (Å²) in [4.78, 5) is 11.4. The van der Waals surface area contributed by atoms with E-state index in [2.05, 4.69) is 17.4 Å². The fraction of sp³-hybridized carbons (Fsp3) is 0.500. The number of aromatic nitrogens is 1. The molecule has 1 N–H and O–H groups in total. The van der Waals surface area contributed by atoms with Crippen LogP contribution in [0.4, 0.5) is 0 Å². The van der Waals surface area contributed by atoms with Gasteiger partial charge in [0.25, 0.3) is 0 Å². The highest BCUT2D eigenvalue weighted by molar-refractivity contribution is 5.73. The lowest BCUT2D eigenvalue weighted by Gasteiger charge is -2.14. The molecular weight excluding hydrogens is 228 g/mol. The summed E-state index contributed by atoms with van der Waals surface area (Å²) in [5.74, 6) is -0.293. The zero-order valence-corrected chi connectivity index (χ0v) is 10.8. The van der Waals surface area contributed by atoms with Crippen molar-refractivity contribution in [3.8, 4) is 0 Å². The van der Waals surface area contributed by atoms with E-state index in [0.29, 0.717) is 11.0 Å². The summed E-state index contributed by atoms with van der Waals surface area (Å²) in [5, 5.41) is 3.27. The summed E-state index contributed by atoms with van der Waals surface area (Å²) in [5.41, 5.74) is 3.28. The molecule has 96 valence electrons. The summed E-state index contributed by atoms with van der Waals surface area (Å²) < 4.78 is 6.71. The lowest BCUT2D eigenvalue weighted by molar-refractivity contribution is 0.478. The highest BCUT2D eigenvalue weighted by Crippen LogP contribution is 2.47. The molecule has 0 amide bonds. The van der Waals surface area contributed by atoms with Crippen LogP contribution in [0.25, 0.3) is 11.1 Å². The van der Waals surface area contributed by atoms with Crippen LogP contribution in [0, 0.1) is 5.41 Å². The van der Waals surface area contributed by atoms with Crippen LogP contribution in [0.1, 0.15) is 18.4 Å². The van der Waals surface area contributed by atoms with Crippen molar-refractivity contribution in [2.24, 2.45) is 12.5 Å². The maximum absolute atomic E-state index is 11.4. The Labute approximate surface area is 106 Å². The van der Waals surface area contributed by atoms with Crippen molar-refractivity contribution in [3.05, 3.63) is 34.3 Å². The highest BCUT2D eigenvalue weighted by atomic mass is 16.4. The molecule has 1 aromatic carbocycles. The summed E-state index contributed by atoms with van der Waals surface area (Å²) in [6.45, 7) is 1.06. The largest absolute Gasteiger partial charge is 0.419 e. The molecule has 1 fully saturated rings. The van der Waals surface area contributed by atoms with E-state index >= 15 is 0 Å². The number of oxazole rings is 1. The van der Waals surface area contributed by atoms with Gasteiger partial charge in [-0.15, -0.1) is 0 Å². The Morgan fingerprint density at radius 1 is 1.44 bits per heavy atom. The minimum Gasteiger partial charge on any atom is -0.408 e. The van der Waals surface area contributed by atoms with Crippen molar-refractivity contribution in [3.63, 3.8) is 0 Å². The van der Waals surface area contributed by atoms with Gasteiger partial charge in [-0.3, -0.25) is 4.57 Å². The van der Waals surface area contributed by atoms with Crippen molar-refractivity contribution < 1.29 is 4.42 Å². The first kappa shape index (κ1) is 11.5. The first-order valence-corrected chi connectivity index (χ1v) is 6.37. The quantitative estimate of drug-likeness (QED) is 0.892. The average Bonchev–Trinajstić information content (AvgIpc) is 3.04. The third kappa shape index (κ3) is 1.86. The minimum absolute atomic E-state index is 0.293. The molecular formula is C14H18N2O2. The van der Waals surface area contributed by atoms with Crippen molar-refractivity contribution >= 4 is 11.1 Å². The Balaban J connectivity index is 1.94. The van der Waals surface area contributed by atoms with Crippen LogP contribution in [-0.2, 0) is 13.5 Å². The van der Waals surface area contributed by atoms with Crippen LogP contribution >= 0.6 is 0 Å². The molecule has 18 heavy (non-hydrogen) atoms. The van der Waals surface area contributed by atoms with E-state index in [-0.39, 0.29) is 5.76 Å². The first-order chi connectivity index (χ1) is 8.63. The van der Waals surface area contributed by atoms with Gasteiger partial charge in [0.2, 0.25) is 0 Å². The van der Waals surface area contributed by atoms with Gasteiger partial charge in [-0.25, -0.2) is 4.79 Å². The predicted molar refractivity (Wildman–Crippen MR) is 70.8 cm³/mol. The number of benzene rings is 1. The number of rotatable bonds is 4. The van der Waals surface area contributed by atoms with Crippen molar-refractivity contribution in [2.45, 2.75) is 19.3 Å². The van der Waals surface area contributed by atoms with Gasteiger partial charge in [0, 0.05) is 13.6 Å². The molecule has 1 aliphatic carbocycles. The average molecular weight is 246 g/mol. The Morgan fingerprint density at radius 2 is 2.22 bits per heavy atom. The van der Waals surface area contributed by atoms with E-state index in [0.717, 1.165) is 18.5 Å². The maximum atomic E-state index is 11.4. The van der Waals surface area contributed by atoms with Gasteiger partial charge in [0.15, 0.2) is 5.58 Å². The number of aryl methyl sites for hydroxylation is 1. The van der Waals surface area contributed by atoms with Crippen LogP contribution < -0.4 is 11.1 Å². The van der Waals surface area contributed by atoms with Crippen molar-refractivity contribution in [2.75, 3.05) is 13.6 Å². The van der Waals surface area contributed by atoms with Crippen molar-refractivity contribution in [1.82, 2.24) is 9.88 Å². The predicted octanol–water partition coefficient (Wildman–Crippen LogP) is 1.67. The van der Waals surface area contributed by atoms with E-state index in [1.54, 1.807) is 11.6 Å². The molecule has 1 aromatic heterocycles. The van der Waals surface area contributed by atoms with Gasteiger partial charge in [-0.1, -0.05) is 6.07 Å². The summed E-state index contributed by atoms with van der Waals surface area (Å²) in [6.07, 6.45) is 3.65. The van der Waals surface area contributed by atoms with Crippen LogP contribution in [0.15, 0.2) is 27.4 Å². The van der Waals surface area contributed by atoms with Gasteiger partial charge in [-0.2, -0.15) is 0 Å². The lowest BCUT2D eigenvalue weighted by atomic mass is 9.96. The molecule has 2 aromatic rings. The molecule has 1 saturated carbocycles. The Hall–Kier alpha value is -1.55. The van der Waals surface area contributed by atoms with Gasteiger partial charge in [0.05, 0.1) is 5.52 Å². The molecule has 0 radical (unpaired) electrons. The molecule has 0 bridgehead atoms. The van der Waals surface area contributed by atoms with Crippen LogP contribution in [0.2, 0.25) is 0 Å². The van der Waals surface area contributed by atoms with E-state index in [1.807, 2.05) is 13.1 Å². The summed E-state index contributed by atoms with van der Waals surface area (Å²) in [7, 11) is 3.75. The third-order valence-corrected chi connectivity index (χ3v) is 3.94. The number of hydrogen-bond donors (Lipinski definition) is 1. The van der Waals surface area contributed by atoms with Crippen molar-refractivity contribution in [1.29, 1.82) is 0 Å². The Morgan fingerprint density at radius 3 is 2.89 bits per heavy atom. The summed E-state index contributed by atoms with van der Waals surface area (Å²) in [6, 6.07) is 6.05. The fourth-order valence-electron chi connectivity index (χ4n) is 2.68. The van der Waals surface area contributed by atoms with E-state index in [4.69, 9.17) is 4.42 Å². The third-order valence-electron chi connectivity index (χ3n) is 3.94. The number of fused-ring (bicyclic) bond motifs is 1. The van der Waals surface area contributed by atoms with E-state index < -0.39 is 0 Å². The van der Waals surface area contributed by atoms with E-state index in [9.17, 15) is 4.79 Å². The molecule has 0 unspecified atom stereocenters. The first-order valence-electron chi connectivity index (χ1n) is 6.37. The van der Waals surface area contributed by atoms with E-state index in [1.165, 1.54) is 18.4 Å². The molecule has 1 heterocycles. The standard InChI is InChI=1S/C14H18N2O2/c1-15-9-14(5-6-14)8-10-3-4-12-11(7-10)16(2)13(17)18-12/h3-4,7,15H,5-6,8-9H2,1-2H3. The summed E-state index contributed by atoms with van der Waals surface area (Å²) >= 11 is 0. The van der Waals surface area contributed by atoms with Gasteiger partial charge in [0.1, 0.15) is 0 Å². The number of hydrogen-bond acceptors (Lipinski definition) is 3. The smallest absolute Gasteiger partial charge is 0.408 e. The minimum atomic E-state index is -0.293. The highest BCUT2D eigenvalue weighted by Gasteiger charge is 2.41. The SMILES string of the molecule is CNCC1(Cc2ccc3oc(=O)n(C)c3c2)CC1. The second-order valence-corrected chi connectivity index (χ2v) is 5.44. The molecule has 3 rings (SSSR count). The number of nitrogens with zero attached hydrogens (tertiary/aromatic N) is 1. The monoisotopic (exact) mass is 246 g/mol. The maximum Gasteiger partial charge on any atom is 0.419 e. The number of nitrogens with one attached hydrogen (secondary N) is 1. The molecule has 4 heteroatoms. The fourth-order valence-corrected chi connectivity index (χ4v) is 2.68. The van der Waals surface area contributed by atoms with Crippen LogP contribution in [0.3, 0.4) is 0 Å². The van der Waals surface area contributed by atoms with Crippen LogP contribution in [0.5, 0.6) is 0 Å². The van der Waals surface area contributed by atoms with Gasteiger partial charge in [-0.05, 0) is 49.4 Å². The van der Waals surface area contributed by atoms with Gasteiger partial charge < -0.3 is 9.73 Å². The normalized spacial score (nSPS) is 17.2.